The number of nitrogens with two attached hydrogens (primary N) is 1. The Labute approximate surface area is 119 Å². The van der Waals surface area contributed by atoms with Crippen LogP contribution in [0.3, 0.4) is 0 Å². The smallest absolute Gasteiger partial charge is 0.404 e. The topological polar surface area (TPSA) is 81.4 Å². The van der Waals surface area contributed by atoms with Crippen molar-refractivity contribution in [2.75, 3.05) is 13.2 Å². The lowest BCUT2D eigenvalue weighted by molar-refractivity contribution is -0.122. The van der Waals surface area contributed by atoms with Crippen molar-refractivity contribution in [2.24, 2.45) is 11.7 Å². The standard InChI is InChI=1S/C13H15BrN2O3/c14-9-3-1-2-8(6-9)10-7-11(10)12(17)16-4-5-19-13(15)18/h1-3,6,10-11H,4-5,7H2,(H2,15,18)(H,16,17). The Bertz CT molecular complexity index is 493. The number of ether oxygens (including phenoxy) is 1. The average Bonchev–Trinajstić information content (AvgIpc) is 3.14. The zero-order valence-electron chi connectivity index (χ0n) is 10.3. The van der Waals surface area contributed by atoms with Crippen molar-refractivity contribution in [3.63, 3.8) is 0 Å². The summed E-state index contributed by atoms with van der Waals surface area (Å²) in [5.74, 6) is 0.301. The Kier molecular flexibility index (Phi) is 4.42. The van der Waals surface area contributed by atoms with Gasteiger partial charge in [0.25, 0.3) is 0 Å². The summed E-state index contributed by atoms with van der Waals surface area (Å²) in [6.07, 6.45) is 0.0339. The first kappa shape index (κ1) is 13.9. The molecule has 5 nitrogen and oxygen atoms in total. The van der Waals surface area contributed by atoms with E-state index in [1.165, 1.54) is 5.56 Å². The highest BCUT2D eigenvalue weighted by molar-refractivity contribution is 9.10. The number of hydrogen-bond acceptors (Lipinski definition) is 3. The van der Waals surface area contributed by atoms with Crippen molar-refractivity contribution in [1.29, 1.82) is 0 Å². The van der Waals surface area contributed by atoms with Gasteiger partial charge in [0.1, 0.15) is 6.61 Å². The van der Waals surface area contributed by atoms with Gasteiger partial charge in [0.15, 0.2) is 0 Å². The molecule has 0 spiro atoms. The molecule has 0 aliphatic heterocycles. The van der Waals surface area contributed by atoms with Crippen molar-refractivity contribution >= 4 is 27.9 Å². The predicted molar refractivity (Wildman–Crippen MR) is 73.5 cm³/mol. The summed E-state index contributed by atoms with van der Waals surface area (Å²) in [7, 11) is 0. The summed E-state index contributed by atoms with van der Waals surface area (Å²) in [4.78, 5) is 22.2. The van der Waals surface area contributed by atoms with Crippen LogP contribution < -0.4 is 11.1 Å². The molecule has 102 valence electrons. The Balaban J connectivity index is 1.76. The fourth-order valence-electron chi connectivity index (χ4n) is 2.05. The maximum absolute atomic E-state index is 11.8. The summed E-state index contributed by atoms with van der Waals surface area (Å²) in [5, 5.41) is 2.73. The van der Waals surface area contributed by atoms with Crippen LogP contribution in [0.4, 0.5) is 4.79 Å². The third kappa shape index (κ3) is 3.96. The largest absolute Gasteiger partial charge is 0.448 e. The predicted octanol–water partition coefficient (Wildman–Crippen LogP) is 1.76. The van der Waals surface area contributed by atoms with Crippen molar-refractivity contribution in [3.8, 4) is 0 Å². The molecule has 1 saturated carbocycles. The summed E-state index contributed by atoms with van der Waals surface area (Å²) in [5.41, 5.74) is 5.98. The van der Waals surface area contributed by atoms with E-state index in [1.807, 2.05) is 24.3 Å². The molecular formula is C13H15BrN2O3. The molecule has 1 aromatic rings. The van der Waals surface area contributed by atoms with Crippen molar-refractivity contribution < 1.29 is 14.3 Å². The van der Waals surface area contributed by atoms with E-state index in [0.717, 1.165) is 10.9 Å². The van der Waals surface area contributed by atoms with E-state index in [-0.39, 0.29) is 24.3 Å². The normalized spacial score (nSPS) is 20.7. The molecule has 0 radical (unpaired) electrons. The molecule has 0 bridgehead atoms. The second kappa shape index (κ2) is 6.06. The highest BCUT2D eigenvalue weighted by Crippen LogP contribution is 2.47. The van der Waals surface area contributed by atoms with E-state index >= 15 is 0 Å². The van der Waals surface area contributed by atoms with Crippen molar-refractivity contribution in [1.82, 2.24) is 5.32 Å². The third-order valence-corrected chi connectivity index (χ3v) is 3.54. The van der Waals surface area contributed by atoms with E-state index < -0.39 is 6.09 Å². The molecule has 2 unspecified atom stereocenters. The number of hydrogen-bond donors (Lipinski definition) is 2. The number of halogens is 1. The quantitative estimate of drug-likeness (QED) is 0.809. The highest BCUT2D eigenvalue weighted by atomic mass is 79.9. The molecule has 0 aromatic heterocycles. The van der Waals surface area contributed by atoms with Gasteiger partial charge in [0.05, 0.1) is 6.54 Å². The Morgan fingerprint density at radius 3 is 2.95 bits per heavy atom. The molecule has 0 saturated heterocycles. The Hall–Kier alpha value is -1.56. The average molecular weight is 327 g/mol. The fraction of sp³-hybridized carbons (Fsp3) is 0.385. The zero-order valence-corrected chi connectivity index (χ0v) is 11.9. The molecule has 1 aliphatic carbocycles. The highest BCUT2D eigenvalue weighted by Gasteiger charge is 2.43. The van der Waals surface area contributed by atoms with Crippen LogP contribution in [0.25, 0.3) is 0 Å². The van der Waals surface area contributed by atoms with Crippen LogP contribution in [-0.2, 0) is 9.53 Å². The van der Waals surface area contributed by atoms with Gasteiger partial charge in [-0.05, 0) is 30.0 Å². The number of primary amides is 1. The maximum Gasteiger partial charge on any atom is 0.404 e. The molecule has 1 fully saturated rings. The molecular weight excluding hydrogens is 312 g/mol. The minimum atomic E-state index is -0.826. The van der Waals surface area contributed by atoms with Gasteiger partial charge in [-0.1, -0.05) is 28.1 Å². The number of carbonyl (C=O) groups excluding carboxylic acids is 2. The Morgan fingerprint density at radius 1 is 1.47 bits per heavy atom. The first-order valence-corrected chi connectivity index (χ1v) is 6.82. The minimum absolute atomic E-state index is 0.00181. The van der Waals surface area contributed by atoms with Gasteiger partial charge in [-0.25, -0.2) is 4.79 Å². The van der Waals surface area contributed by atoms with Crippen LogP contribution in [0.5, 0.6) is 0 Å². The summed E-state index contributed by atoms with van der Waals surface area (Å²) in [6, 6.07) is 7.99. The lowest BCUT2D eigenvalue weighted by Gasteiger charge is -2.05. The van der Waals surface area contributed by atoms with E-state index in [9.17, 15) is 9.59 Å². The molecule has 2 amide bonds. The van der Waals surface area contributed by atoms with Gasteiger partial charge in [0.2, 0.25) is 5.91 Å². The molecule has 0 heterocycles. The van der Waals surface area contributed by atoms with Crippen LogP contribution in [-0.4, -0.2) is 25.2 Å². The van der Waals surface area contributed by atoms with Gasteiger partial charge in [-0.3, -0.25) is 4.79 Å². The van der Waals surface area contributed by atoms with Gasteiger partial charge < -0.3 is 15.8 Å². The van der Waals surface area contributed by atoms with Crippen LogP contribution >= 0.6 is 15.9 Å². The monoisotopic (exact) mass is 326 g/mol. The van der Waals surface area contributed by atoms with Gasteiger partial charge in [-0.15, -0.1) is 0 Å². The second-order valence-corrected chi connectivity index (χ2v) is 5.38. The third-order valence-electron chi connectivity index (χ3n) is 3.05. The van der Waals surface area contributed by atoms with Crippen LogP contribution in [0, 0.1) is 5.92 Å². The first-order chi connectivity index (χ1) is 9.08. The number of nitrogens with one attached hydrogen (secondary N) is 1. The number of benzene rings is 1. The number of rotatable bonds is 5. The lowest BCUT2D eigenvalue weighted by atomic mass is 10.1. The fourth-order valence-corrected chi connectivity index (χ4v) is 2.46. The molecule has 2 atom stereocenters. The van der Waals surface area contributed by atoms with Gasteiger partial charge in [0, 0.05) is 10.4 Å². The molecule has 3 N–H and O–H groups in total. The molecule has 6 heteroatoms. The second-order valence-electron chi connectivity index (χ2n) is 4.46. The van der Waals surface area contributed by atoms with Gasteiger partial charge >= 0.3 is 6.09 Å². The van der Waals surface area contributed by atoms with E-state index in [4.69, 9.17) is 5.73 Å². The molecule has 2 rings (SSSR count). The van der Waals surface area contributed by atoms with Gasteiger partial charge in [-0.2, -0.15) is 0 Å². The van der Waals surface area contributed by atoms with E-state index in [2.05, 4.69) is 26.0 Å². The summed E-state index contributed by atoms with van der Waals surface area (Å²) in [6.45, 7) is 0.402. The van der Waals surface area contributed by atoms with Crippen molar-refractivity contribution in [2.45, 2.75) is 12.3 Å². The number of amides is 2. The first-order valence-electron chi connectivity index (χ1n) is 6.03. The van der Waals surface area contributed by atoms with Crippen LogP contribution in [0.15, 0.2) is 28.7 Å². The minimum Gasteiger partial charge on any atom is -0.448 e. The summed E-state index contributed by atoms with van der Waals surface area (Å²) >= 11 is 3.42. The van der Waals surface area contributed by atoms with Crippen molar-refractivity contribution in [3.05, 3.63) is 34.3 Å². The SMILES string of the molecule is NC(=O)OCCNC(=O)C1CC1c1cccc(Br)c1. The molecule has 19 heavy (non-hydrogen) atoms. The number of carbonyl (C=O) groups is 2. The Morgan fingerprint density at radius 2 is 2.26 bits per heavy atom. The zero-order chi connectivity index (χ0) is 13.8. The van der Waals surface area contributed by atoms with Crippen LogP contribution in [0.1, 0.15) is 17.9 Å². The maximum atomic E-state index is 11.8. The molecule has 1 aliphatic rings. The summed E-state index contributed by atoms with van der Waals surface area (Å²) < 4.78 is 5.56. The lowest BCUT2D eigenvalue weighted by Crippen LogP contribution is -2.30. The molecule has 1 aromatic carbocycles. The van der Waals surface area contributed by atoms with Crippen LogP contribution in [0.2, 0.25) is 0 Å². The van der Waals surface area contributed by atoms with E-state index in [1.54, 1.807) is 0 Å². The van der Waals surface area contributed by atoms with E-state index in [0.29, 0.717) is 6.54 Å².